The normalized spacial score (nSPS) is 17.5. The molecule has 5 aromatic carbocycles. The minimum Gasteiger partial charge on any atom is -0.488 e. The lowest BCUT2D eigenvalue weighted by Crippen LogP contribution is -2.29. The Bertz CT molecular complexity index is 2020. The highest BCUT2D eigenvalue weighted by Crippen LogP contribution is 2.60. The lowest BCUT2D eigenvalue weighted by Gasteiger charge is -2.33. The fourth-order valence-corrected chi connectivity index (χ4v) is 7.51. The van der Waals surface area contributed by atoms with Gasteiger partial charge < -0.3 is 14.2 Å². The number of hydrogen-bond donors (Lipinski definition) is 0. The van der Waals surface area contributed by atoms with Gasteiger partial charge in [0.25, 0.3) is 0 Å². The fourth-order valence-electron chi connectivity index (χ4n) is 7.51. The van der Waals surface area contributed by atoms with Crippen molar-refractivity contribution in [2.24, 2.45) is 0 Å². The van der Waals surface area contributed by atoms with Crippen molar-refractivity contribution in [2.75, 3.05) is 0 Å². The van der Waals surface area contributed by atoms with Crippen LogP contribution in [-0.2, 0) is 18.6 Å². The van der Waals surface area contributed by atoms with E-state index < -0.39 is 5.60 Å². The van der Waals surface area contributed by atoms with Crippen LogP contribution in [0.1, 0.15) is 55.5 Å². The van der Waals surface area contributed by atoms with E-state index in [9.17, 15) is 0 Å². The largest absolute Gasteiger partial charge is 0.488 e. The van der Waals surface area contributed by atoms with Crippen LogP contribution in [0.5, 0.6) is 17.2 Å². The van der Waals surface area contributed by atoms with E-state index in [1.54, 1.807) is 0 Å². The second-order valence-corrected chi connectivity index (χ2v) is 12.8. The van der Waals surface area contributed by atoms with Gasteiger partial charge in [0, 0.05) is 27.5 Å². The Morgan fingerprint density at radius 2 is 1.27 bits per heavy atom. The molecule has 1 aliphatic carbocycles. The van der Waals surface area contributed by atoms with Gasteiger partial charge in [-0.3, -0.25) is 0 Å². The van der Waals surface area contributed by atoms with Crippen LogP contribution in [0, 0.1) is 0 Å². The molecule has 4 aliphatic rings. The third kappa shape index (κ3) is 3.04. The third-order valence-electron chi connectivity index (χ3n) is 9.48. The quantitative estimate of drug-likeness (QED) is 0.198. The van der Waals surface area contributed by atoms with Gasteiger partial charge in [-0.25, -0.2) is 0 Å². The van der Waals surface area contributed by atoms with Crippen molar-refractivity contribution in [1.29, 1.82) is 0 Å². The van der Waals surface area contributed by atoms with Gasteiger partial charge in [0.15, 0.2) is 0 Å². The standard InChI is InChI=1S/C38H30O3/c1-37(2)14-13-25-35-34(28-15-26-23-11-7-5-9-21(23)19-39-32(26)17-29(28)36(25)41-37)30-16-27-24-12-8-6-10-22(24)20-40-33(27)18-31(30)38(35,3)4/h5-18H,19-20H2,1-4H3. The van der Waals surface area contributed by atoms with Crippen LogP contribution in [0.25, 0.3) is 50.2 Å². The first kappa shape index (κ1) is 23.2. The minimum atomic E-state index is -0.399. The maximum atomic E-state index is 6.79. The zero-order chi connectivity index (χ0) is 27.7. The van der Waals surface area contributed by atoms with Crippen molar-refractivity contribution in [1.82, 2.24) is 0 Å². The molecule has 9 rings (SSSR count). The number of rotatable bonds is 0. The van der Waals surface area contributed by atoms with Gasteiger partial charge >= 0.3 is 0 Å². The van der Waals surface area contributed by atoms with Gasteiger partial charge in [-0.05, 0) is 94.1 Å². The van der Waals surface area contributed by atoms with Crippen molar-refractivity contribution >= 4 is 16.8 Å². The summed E-state index contributed by atoms with van der Waals surface area (Å²) in [6, 6.07) is 26.4. The summed E-state index contributed by atoms with van der Waals surface area (Å²) in [6.45, 7) is 10.1. The van der Waals surface area contributed by atoms with Gasteiger partial charge in [0.2, 0.25) is 0 Å². The molecule has 0 spiro atoms. The molecule has 0 saturated heterocycles. The summed E-state index contributed by atoms with van der Waals surface area (Å²) in [6.07, 6.45) is 4.47. The third-order valence-corrected chi connectivity index (χ3v) is 9.48. The van der Waals surface area contributed by atoms with Crippen molar-refractivity contribution in [3.8, 4) is 50.6 Å². The number of ether oxygens (including phenoxy) is 3. The van der Waals surface area contributed by atoms with Crippen LogP contribution < -0.4 is 14.2 Å². The molecule has 0 N–H and O–H groups in total. The number of hydrogen-bond acceptors (Lipinski definition) is 3. The van der Waals surface area contributed by atoms with E-state index in [1.165, 1.54) is 61.0 Å². The molecule has 5 aromatic rings. The Labute approximate surface area is 240 Å². The maximum absolute atomic E-state index is 6.79. The van der Waals surface area contributed by atoms with E-state index in [4.69, 9.17) is 14.2 Å². The monoisotopic (exact) mass is 534 g/mol. The van der Waals surface area contributed by atoms with Gasteiger partial charge in [0.05, 0.1) is 0 Å². The van der Waals surface area contributed by atoms with E-state index in [-0.39, 0.29) is 5.41 Å². The van der Waals surface area contributed by atoms with E-state index >= 15 is 0 Å². The second kappa shape index (κ2) is 7.61. The summed E-state index contributed by atoms with van der Waals surface area (Å²) in [5, 5.41) is 2.31. The molecule has 3 nitrogen and oxygen atoms in total. The second-order valence-electron chi connectivity index (χ2n) is 12.8. The summed E-state index contributed by atoms with van der Waals surface area (Å²) in [7, 11) is 0. The van der Waals surface area contributed by atoms with E-state index in [0.29, 0.717) is 13.2 Å². The summed E-state index contributed by atoms with van der Waals surface area (Å²) >= 11 is 0. The first-order valence-electron chi connectivity index (χ1n) is 14.5. The molecular weight excluding hydrogens is 504 g/mol. The maximum Gasteiger partial charge on any atom is 0.136 e. The SMILES string of the molecule is CC1(C)C=Cc2c3c(c4cc5c(cc4c2O1)OCc1ccccc1-5)-c1cc2c(cc1C3(C)C)OCc1ccccc1-2. The van der Waals surface area contributed by atoms with Crippen LogP contribution >= 0.6 is 0 Å². The van der Waals surface area contributed by atoms with Crippen LogP contribution in [0.2, 0.25) is 0 Å². The van der Waals surface area contributed by atoms with Crippen LogP contribution in [0.3, 0.4) is 0 Å². The van der Waals surface area contributed by atoms with Crippen LogP contribution in [-0.4, -0.2) is 5.60 Å². The van der Waals surface area contributed by atoms with Gasteiger partial charge in [-0.2, -0.15) is 0 Å². The Balaban J connectivity index is 1.42. The van der Waals surface area contributed by atoms with Gasteiger partial charge in [0.1, 0.15) is 36.1 Å². The Morgan fingerprint density at radius 1 is 0.634 bits per heavy atom. The summed E-state index contributed by atoms with van der Waals surface area (Å²) in [4.78, 5) is 0. The molecule has 3 heteroatoms. The molecule has 200 valence electrons. The van der Waals surface area contributed by atoms with Crippen LogP contribution in [0.4, 0.5) is 0 Å². The molecule has 0 atom stereocenters. The molecule has 0 bridgehead atoms. The summed E-state index contributed by atoms with van der Waals surface area (Å²) < 4.78 is 19.5. The molecular formula is C38H30O3. The Morgan fingerprint density at radius 3 is 1.98 bits per heavy atom. The highest BCUT2D eigenvalue weighted by atomic mass is 16.5. The van der Waals surface area contributed by atoms with Crippen molar-refractivity contribution in [3.63, 3.8) is 0 Å². The highest BCUT2D eigenvalue weighted by molar-refractivity contribution is 6.11. The smallest absolute Gasteiger partial charge is 0.136 e. The van der Waals surface area contributed by atoms with Gasteiger partial charge in [-0.1, -0.05) is 68.5 Å². The lowest BCUT2D eigenvalue weighted by molar-refractivity contribution is 0.161. The summed E-state index contributed by atoms with van der Waals surface area (Å²) in [5.74, 6) is 2.83. The summed E-state index contributed by atoms with van der Waals surface area (Å²) in [5.41, 5.74) is 13.0. The van der Waals surface area contributed by atoms with Crippen molar-refractivity contribution in [2.45, 2.75) is 51.9 Å². The molecule has 41 heavy (non-hydrogen) atoms. The van der Waals surface area contributed by atoms with E-state index in [2.05, 4.69) is 113 Å². The highest BCUT2D eigenvalue weighted by Gasteiger charge is 2.43. The van der Waals surface area contributed by atoms with Crippen molar-refractivity contribution < 1.29 is 14.2 Å². The fraction of sp³-hybridized carbons (Fsp3) is 0.211. The molecule has 0 radical (unpaired) electrons. The van der Waals surface area contributed by atoms with Gasteiger partial charge in [-0.15, -0.1) is 0 Å². The molecule has 0 fully saturated rings. The average molecular weight is 535 g/mol. The lowest BCUT2D eigenvalue weighted by atomic mass is 9.77. The predicted molar refractivity (Wildman–Crippen MR) is 165 cm³/mol. The van der Waals surface area contributed by atoms with Crippen molar-refractivity contribution in [3.05, 3.63) is 107 Å². The van der Waals surface area contributed by atoms with E-state index in [1.807, 2.05) is 0 Å². The molecule has 0 aromatic heterocycles. The molecule has 0 unspecified atom stereocenters. The molecule has 3 heterocycles. The predicted octanol–water partition coefficient (Wildman–Crippen LogP) is 9.45. The number of benzene rings is 5. The van der Waals surface area contributed by atoms with Crippen LogP contribution in [0.15, 0.2) is 78.9 Å². The first-order valence-corrected chi connectivity index (χ1v) is 14.5. The Kier molecular flexibility index (Phi) is 4.31. The first-order chi connectivity index (χ1) is 19.8. The minimum absolute atomic E-state index is 0.238. The number of fused-ring (bicyclic) bond motifs is 14. The topological polar surface area (TPSA) is 27.7 Å². The molecule has 0 amide bonds. The zero-order valence-electron chi connectivity index (χ0n) is 23.7. The zero-order valence-corrected chi connectivity index (χ0v) is 23.7. The molecule has 0 saturated carbocycles. The molecule has 3 aliphatic heterocycles. The Hall–Kier alpha value is -4.50. The van der Waals surface area contributed by atoms with E-state index in [0.717, 1.165) is 28.2 Å². The average Bonchev–Trinajstić information content (AvgIpc) is 3.21.